The molecule has 27 heavy (non-hydrogen) atoms. The Morgan fingerprint density at radius 2 is 1.96 bits per heavy atom. The fraction of sp³-hybridized carbons (Fsp3) is 0.294. The van der Waals surface area contributed by atoms with E-state index in [2.05, 4.69) is 0 Å². The molecule has 0 aliphatic carbocycles. The van der Waals surface area contributed by atoms with Crippen LogP contribution in [0.5, 0.6) is 11.5 Å². The summed E-state index contributed by atoms with van der Waals surface area (Å²) >= 11 is 1.46. The van der Waals surface area contributed by atoms with Gasteiger partial charge in [0.25, 0.3) is 5.69 Å². The van der Waals surface area contributed by atoms with Gasteiger partial charge in [0, 0.05) is 30.0 Å². The molecule has 0 N–H and O–H groups in total. The van der Waals surface area contributed by atoms with Crippen LogP contribution in [0.1, 0.15) is 10.9 Å². The van der Waals surface area contributed by atoms with Crippen LogP contribution in [0, 0.1) is 10.1 Å². The quantitative estimate of drug-likeness (QED) is 0.533. The van der Waals surface area contributed by atoms with Crippen molar-refractivity contribution in [1.29, 1.82) is 0 Å². The number of nitrogens with zero attached hydrogens (tertiary/aromatic N) is 2. The molecule has 0 aromatic heterocycles. The Morgan fingerprint density at radius 3 is 2.63 bits per heavy atom. The normalized spacial score (nSPS) is 17.6. The number of thioether (sulfide) groups is 1. The lowest BCUT2D eigenvalue weighted by Gasteiger charge is -2.25. The van der Waals surface area contributed by atoms with Gasteiger partial charge in [-0.15, -0.1) is 11.8 Å². The first-order valence-electron chi connectivity index (χ1n) is 7.98. The summed E-state index contributed by atoms with van der Waals surface area (Å²) in [4.78, 5) is 10.3. The molecule has 1 aliphatic rings. The van der Waals surface area contributed by atoms with Gasteiger partial charge in [-0.2, -0.15) is 4.31 Å². The van der Waals surface area contributed by atoms with E-state index in [0.29, 0.717) is 29.4 Å². The van der Waals surface area contributed by atoms with Crippen LogP contribution in [0.15, 0.2) is 47.4 Å². The molecule has 144 valence electrons. The number of benzene rings is 2. The van der Waals surface area contributed by atoms with Gasteiger partial charge in [0.05, 0.1) is 29.4 Å². The zero-order chi connectivity index (χ0) is 19.6. The first-order valence-corrected chi connectivity index (χ1v) is 10.5. The molecule has 1 saturated heterocycles. The Hall–Kier alpha value is -2.30. The van der Waals surface area contributed by atoms with Crippen LogP contribution in [0.3, 0.4) is 0 Å². The van der Waals surface area contributed by atoms with E-state index in [0.717, 1.165) is 6.07 Å². The number of nitro groups is 1. The van der Waals surface area contributed by atoms with Crippen LogP contribution in [0.25, 0.3) is 0 Å². The zero-order valence-electron chi connectivity index (χ0n) is 14.7. The molecular formula is C17H18N2O6S2. The van der Waals surface area contributed by atoms with E-state index in [9.17, 15) is 18.5 Å². The molecule has 2 aromatic carbocycles. The van der Waals surface area contributed by atoms with Crippen molar-refractivity contribution in [2.24, 2.45) is 0 Å². The third-order valence-electron chi connectivity index (χ3n) is 4.19. The smallest absolute Gasteiger partial charge is 0.270 e. The average molecular weight is 410 g/mol. The maximum Gasteiger partial charge on any atom is 0.270 e. The minimum atomic E-state index is -3.92. The van der Waals surface area contributed by atoms with Crippen molar-refractivity contribution < 1.29 is 22.8 Å². The minimum absolute atomic E-state index is 0.105. The number of sulfonamides is 1. The highest BCUT2D eigenvalue weighted by molar-refractivity contribution is 8.01. The van der Waals surface area contributed by atoms with Gasteiger partial charge in [-0.25, -0.2) is 8.42 Å². The SMILES string of the molecule is COc1ccc(OC)c(C2SCCN2S(=O)(=O)c2cccc([N+](=O)[O-])c2)c1. The van der Waals surface area contributed by atoms with Gasteiger partial charge in [-0.05, 0) is 24.3 Å². The van der Waals surface area contributed by atoms with E-state index in [4.69, 9.17) is 9.47 Å². The molecule has 1 atom stereocenters. The molecule has 10 heteroatoms. The summed E-state index contributed by atoms with van der Waals surface area (Å²) in [5.74, 6) is 1.74. The molecule has 3 rings (SSSR count). The maximum absolute atomic E-state index is 13.2. The van der Waals surface area contributed by atoms with Gasteiger partial charge in [-0.1, -0.05) is 6.07 Å². The number of hydrogen-bond donors (Lipinski definition) is 0. The predicted octanol–water partition coefficient (Wildman–Crippen LogP) is 3.05. The molecule has 0 amide bonds. The molecule has 0 spiro atoms. The monoisotopic (exact) mass is 410 g/mol. The lowest BCUT2D eigenvalue weighted by Crippen LogP contribution is -2.30. The molecule has 1 unspecified atom stereocenters. The Kier molecular flexibility index (Phi) is 5.59. The van der Waals surface area contributed by atoms with Crippen molar-refractivity contribution in [3.05, 3.63) is 58.1 Å². The number of rotatable bonds is 6. The Labute approximate surface area is 161 Å². The summed E-state index contributed by atoms with van der Waals surface area (Å²) in [6.45, 7) is 0.292. The Balaban J connectivity index is 2.04. The highest BCUT2D eigenvalue weighted by Gasteiger charge is 2.38. The number of ether oxygens (including phenoxy) is 2. The molecule has 1 aliphatic heterocycles. The highest BCUT2D eigenvalue weighted by Crippen LogP contribution is 2.45. The second-order valence-corrected chi connectivity index (χ2v) is 8.78. The summed E-state index contributed by atoms with van der Waals surface area (Å²) in [5, 5.41) is 10.5. The lowest BCUT2D eigenvalue weighted by atomic mass is 10.2. The standard InChI is InChI=1S/C17H18N2O6S2/c1-24-13-6-7-16(25-2)15(11-13)17-18(8-9-26-17)27(22,23)14-5-3-4-12(10-14)19(20)21/h3-7,10-11,17H,8-9H2,1-2H3. The number of non-ortho nitro benzene ring substituents is 1. The van der Waals surface area contributed by atoms with Crippen LogP contribution in [-0.2, 0) is 10.0 Å². The fourth-order valence-electron chi connectivity index (χ4n) is 2.87. The van der Waals surface area contributed by atoms with E-state index < -0.39 is 20.3 Å². The van der Waals surface area contributed by atoms with Crippen LogP contribution < -0.4 is 9.47 Å². The second kappa shape index (κ2) is 7.75. The number of hydrogen-bond acceptors (Lipinski definition) is 7. The Bertz CT molecular complexity index is 964. The molecular weight excluding hydrogens is 392 g/mol. The zero-order valence-corrected chi connectivity index (χ0v) is 16.3. The van der Waals surface area contributed by atoms with Crippen molar-refractivity contribution in [2.75, 3.05) is 26.5 Å². The molecule has 1 fully saturated rings. The predicted molar refractivity (Wildman–Crippen MR) is 102 cm³/mol. The summed E-state index contributed by atoms with van der Waals surface area (Å²) in [6.07, 6.45) is 0. The van der Waals surface area contributed by atoms with Crippen molar-refractivity contribution in [3.8, 4) is 11.5 Å². The van der Waals surface area contributed by atoms with Crippen molar-refractivity contribution in [2.45, 2.75) is 10.3 Å². The molecule has 8 nitrogen and oxygen atoms in total. The minimum Gasteiger partial charge on any atom is -0.497 e. The summed E-state index contributed by atoms with van der Waals surface area (Å²) in [5.41, 5.74) is 0.409. The number of methoxy groups -OCH3 is 2. The largest absolute Gasteiger partial charge is 0.497 e. The van der Waals surface area contributed by atoms with Crippen molar-refractivity contribution in [3.63, 3.8) is 0 Å². The van der Waals surface area contributed by atoms with Crippen LogP contribution in [0.4, 0.5) is 5.69 Å². The third-order valence-corrected chi connectivity index (χ3v) is 7.42. The van der Waals surface area contributed by atoms with Crippen LogP contribution >= 0.6 is 11.8 Å². The van der Waals surface area contributed by atoms with E-state index in [1.54, 1.807) is 18.2 Å². The fourth-order valence-corrected chi connectivity index (χ4v) is 6.16. The summed E-state index contributed by atoms with van der Waals surface area (Å²) in [6, 6.07) is 10.3. The topological polar surface area (TPSA) is 99.0 Å². The van der Waals surface area contributed by atoms with E-state index in [1.807, 2.05) is 0 Å². The van der Waals surface area contributed by atoms with E-state index in [1.165, 1.54) is 48.5 Å². The summed E-state index contributed by atoms with van der Waals surface area (Å²) < 4.78 is 38.3. The highest BCUT2D eigenvalue weighted by atomic mass is 32.2. The maximum atomic E-state index is 13.2. The third kappa shape index (κ3) is 3.73. The molecule has 1 heterocycles. The van der Waals surface area contributed by atoms with Crippen molar-refractivity contribution >= 4 is 27.5 Å². The number of nitro benzene ring substituents is 1. The van der Waals surface area contributed by atoms with Gasteiger partial charge in [-0.3, -0.25) is 10.1 Å². The first-order chi connectivity index (χ1) is 12.9. The molecule has 0 bridgehead atoms. The lowest BCUT2D eigenvalue weighted by molar-refractivity contribution is -0.385. The van der Waals surface area contributed by atoms with Crippen LogP contribution in [-0.4, -0.2) is 44.2 Å². The van der Waals surface area contributed by atoms with Crippen LogP contribution in [0.2, 0.25) is 0 Å². The first kappa shape index (κ1) is 19.5. The van der Waals surface area contributed by atoms with Gasteiger partial charge in [0.2, 0.25) is 10.0 Å². The molecule has 0 radical (unpaired) electrons. The Morgan fingerprint density at radius 1 is 1.19 bits per heavy atom. The van der Waals surface area contributed by atoms with E-state index in [-0.39, 0.29) is 10.6 Å². The van der Waals surface area contributed by atoms with Gasteiger partial charge in [0.1, 0.15) is 11.5 Å². The summed E-state index contributed by atoms with van der Waals surface area (Å²) in [7, 11) is -0.874. The molecule has 0 saturated carbocycles. The molecule has 2 aromatic rings. The van der Waals surface area contributed by atoms with Gasteiger partial charge >= 0.3 is 0 Å². The van der Waals surface area contributed by atoms with Gasteiger partial charge < -0.3 is 9.47 Å². The van der Waals surface area contributed by atoms with E-state index >= 15 is 0 Å². The van der Waals surface area contributed by atoms with Crippen molar-refractivity contribution in [1.82, 2.24) is 4.31 Å². The average Bonchev–Trinajstić information content (AvgIpc) is 3.18. The van der Waals surface area contributed by atoms with Gasteiger partial charge in [0.15, 0.2) is 0 Å². The second-order valence-electron chi connectivity index (χ2n) is 5.70.